The Morgan fingerprint density at radius 1 is 1.75 bits per heavy atom. The summed E-state index contributed by atoms with van der Waals surface area (Å²) in [6.07, 6.45) is 1.79. The molecule has 1 unspecified atom stereocenters. The number of fused-ring (bicyclic) bond motifs is 1. The van der Waals surface area contributed by atoms with Gasteiger partial charge in [0.1, 0.15) is 5.60 Å². The summed E-state index contributed by atoms with van der Waals surface area (Å²) in [7, 11) is 0. The van der Waals surface area contributed by atoms with E-state index in [2.05, 4.69) is 6.58 Å². The largest absolute Gasteiger partial charge is 0.358 e. The second-order valence-corrected chi connectivity index (χ2v) is 4.12. The van der Waals surface area contributed by atoms with E-state index in [0.717, 1.165) is 12.0 Å². The molecule has 0 aromatic carbocycles. The van der Waals surface area contributed by atoms with Gasteiger partial charge in [0.05, 0.1) is 6.10 Å². The highest BCUT2D eigenvalue weighted by molar-refractivity contribution is 5.91. The van der Waals surface area contributed by atoms with Gasteiger partial charge in [-0.25, -0.2) is 0 Å². The Labute approximate surface area is 72.6 Å². The van der Waals surface area contributed by atoms with Crippen molar-refractivity contribution >= 4 is 5.78 Å². The van der Waals surface area contributed by atoms with Gasteiger partial charge in [-0.2, -0.15) is 0 Å². The highest BCUT2D eigenvalue weighted by Gasteiger charge is 2.61. The molecule has 2 nitrogen and oxygen atoms in total. The van der Waals surface area contributed by atoms with Crippen LogP contribution in [-0.2, 0) is 9.53 Å². The van der Waals surface area contributed by atoms with Crippen molar-refractivity contribution in [2.75, 3.05) is 0 Å². The van der Waals surface area contributed by atoms with Gasteiger partial charge in [-0.1, -0.05) is 12.2 Å². The first-order chi connectivity index (χ1) is 5.54. The van der Waals surface area contributed by atoms with Crippen molar-refractivity contribution in [2.24, 2.45) is 5.92 Å². The predicted octanol–water partition coefficient (Wildman–Crippen LogP) is 1.70. The van der Waals surface area contributed by atoms with Gasteiger partial charge in [-0.05, 0) is 26.2 Å². The van der Waals surface area contributed by atoms with Crippen LogP contribution in [0.3, 0.4) is 0 Å². The third kappa shape index (κ3) is 0.944. The number of ketones is 1. The number of hydrogen-bond donors (Lipinski definition) is 0. The maximum absolute atomic E-state index is 11.5. The van der Waals surface area contributed by atoms with Crippen LogP contribution in [-0.4, -0.2) is 17.5 Å². The molecule has 66 valence electrons. The molecule has 0 aromatic rings. The molecule has 1 aliphatic carbocycles. The minimum absolute atomic E-state index is 0.181. The average Bonchev–Trinajstić information content (AvgIpc) is 2.62. The van der Waals surface area contributed by atoms with Crippen LogP contribution in [0.4, 0.5) is 0 Å². The molecule has 0 aromatic heterocycles. The maximum atomic E-state index is 11.5. The van der Waals surface area contributed by atoms with E-state index < -0.39 is 5.60 Å². The molecule has 2 aliphatic rings. The van der Waals surface area contributed by atoms with Crippen molar-refractivity contribution in [2.45, 2.75) is 38.4 Å². The molecule has 1 heterocycles. The second-order valence-electron chi connectivity index (χ2n) is 4.12. The van der Waals surface area contributed by atoms with Crippen LogP contribution in [0, 0.1) is 5.92 Å². The second kappa shape index (κ2) is 2.19. The highest BCUT2D eigenvalue weighted by Crippen LogP contribution is 2.48. The monoisotopic (exact) mass is 166 g/mol. The Balaban J connectivity index is 2.12. The topological polar surface area (TPSA) is 29.6 Å². The van der Waals surface area contributed by atoms with Crippen molar-refractivity contribution in [3.05, 3.63) is 12.2 Å². The standard InChI is InChI=1S/C10H14O2/c1-6(2)7-4-8(11)10(3)9(5-7)12-10/h7,9H,1,4-5H2,2-3H3/t7-,9?,10+/m0/s1. The van der Waals surface area contributed by atoms with Crippen molar-refractivity contribution in [1.29, 1.82) is 0 Å². The summed E-state index contributed by atoms with van der Waals surface area (Å²) in [5.41, 5.74) is 0.701. The first-order valence-corrected chi connectivity index (χ1v) is 4.40. The van der Waals surface area contributed by atoms with Gasteiger partial charge < -0.3 is 4.74 Å². The van der Waals surface area contributed by atoms with Crippen molar-refractivity contribution in [1.82, 2.24) is 0 Å². The molecule has 12 heavy (non-hydrogen) atoms. The SMILES string of the molecule is C=C(C)[C@H]1CC(=O)[C@@]2(C)OC2C1. The number of rotatable bonds is 1. The Morgan fingerprint density at radius 3 is 2.92 bits per heavy atom. The van der Waals surface area contributed by atoms with Gasteiger partial charge in [0.15, 0.2) is 5.78 Å². The van der Waals surface area contributed by atoms with Crippen LogP contribution in [0.5, 0.6) is 0 Å². The molecule has 2 fully saturated rings. The van der Waals surface area contributed by atoms with Crippen LogP contribution in [0.2, 0.25) is 0 Å². The van der Waals surface area contributed by atoms with Gasteiger partial charge in [0.25, 0.3) is 0 Å². The fourth-order valence-corrected chi connectivity index (χ4v) is 1.92. The van der Waals surface area contributed by atoms with Gasteiger partial charge in [-0.3, -0.25) is 4.79 Å². The van der Waals surface area contributed by atoms with Crippen LogP contribution >= 0.6 is 0 Å². The Kier molecular flexibility index (Phi) is 1.46. The van der Waals surface area contributed by atoms with Crippen LogP contribution in [0.25, 0.3) is 0 Å². The number of hydrogen-bond acceptors (Lipinski definition) is 2. The molecule has 0 bridgehead atoms. The Morgan fingerprint density at radius 2 is 2.42 bits per heavy atom. The lowest BCUT2D eigenvalue weighted by Crippen LogP contribution is -2.32. The number of Topliss-reactive ketones (excluding diaryl/α,β-unsaturated/α-hetero) is 1. The zero-order chi connectivity index (χ0) is 8.93. The summed E-state index contributed by atoms with van der Waals surface area (Å²) in [6.45, 7) is 7.77. The zero-order valence-electron chi connectivity index (χ0n) is 7.59. The fourth-order valence-electron chi connectivity index (χ4n) is 1.92. The van der Waals surface area contributed by atoms with E-state index in [1.807, 2.05) is 13.8 Å². The molecule has 0 spiro atoms. The maximum Gasteiger partial charge on any atom is 0.167 e. The molecule has 3 atom stereocenters. The normalized spacial score (nSPS) is 45.3. The summed E-state index contributed by atoms with van der Waals surface area (Å²) in [5.74, 6) is 0.616. The predicted molar refractivity (Wildman–Crippen MR) is 45.8 cm³/mol. The highest BCUT2D eigenvalue weighted by atomic mass is 16.6. The first kappa shape index (κ1) is 7.99. The zero-order valence-corrected chi connectivity index (χ0v) is 7.59. The average molecular weight is 166 g/mol. The quantitative estimate of drug-likeness (QED) is 0.438. The van der Waals surface area contributed by atoms with Gasteiger partial charge in [0, 0.05) is 6.42 Å². The molecule has 1 saturated carbocycles. The van der Waals surface area contributed by atoms with Crippen LogP contribution in [0.15, 0.2) is 12.2 Å². The minimum atomic E-state index is -0.411. The molecule has 2 rings (SSSR count). The van der Waals surface area contributed by atoms with Crippen molar-refractivity contribution < 1.29 is 9.53 Å². The van der Waals surface area contributed by atoms with E-state index in [-0.39, 0.29) is 11.9 Å². The third-order valence-electron chi connectivity index (χ3n) is 3.13. The van der Waals surface area contributed by atoms with E-state index in [1.54, 1.807) is 0 Å². The molecule has 2 heteroatoms. The van der Waals surface area contributed by atoms with Gasteiger partial charge >= 0.3 is 0 Å². The molecule has 0 radical (unpaired) electrons. The number of carbonyl (C=O) groups is 1. The molecule has 1 saturated heterocycles. The van der Waals surface area contributed by atoms with E-state index in [1.165, 1.54) is 0 Å². The Bertz CT molecular complexity index is 257. The smallest absolute Gasteiger partial charge is 0.167 e. The summed E-state index contributed by atoms with van der Waals surface area (Å²) >= 11 is 0. The number of carbonyl (C=O) groups excluding carboxylic acids is 1. The van der Waals surface area contributed by atoms with E-state index >= 15 is 0 Å². The number of ether oxygens (including phenoxy) is 1. The molecular weight excluding hydrogens is 152 g/mol. The first-order valence-electron chi connectivity index (χ1n) is 4.40. The molecule has 0 N–H and O–H groups in total. The molecule has 1 aliphatic heterocycles. The lowest BCUT2D eigenvalue weighted by molar-refractivity contribution is -0.124. The molecular formula is C10H14O2. The van der Waals surface area contributed by atoms with Gasteiger partial charge in [0.2, 0.25) is 0 Å². The minimum Gasteiger partial charge on any atom is -0.358 e. The van der Waals surface area contributed by atoms with E-state index in [9.17, 15) is 4.79 Å². The number of allylic oxidation sites excluding steroid dienone is 1. The summed E-state index contributed by atoms with van der Waals surface area (Å²) in [4.78, 5) is 11.5. The lowest BCUT2D eigenvalue weighted by Gasteiger charge is -2.21. The fraction of sp³-hybridized carbons (Fsp3) is 0.700. The van der Waals surface area contributed by atoms with Crippen LogP contribution in [0.1, 0.15) is 26.7 Å². The van der Waals surface area contributed by atoms with Crippen molar-refractivity contribution in [3.63, 3.8) is 0 Å². The molecule has 0 amide bonds. The lowest BCUT2D eigenvalue weighted by atomic mass is 9.79. The Hall–Kier alpha value is -0.630. The van der Waals surface area contributed by atoms with Crippen LogP contribution < -0.4 is 0 Å². The van der Waals surface area contributed by atoms with E-state index in [4.69, 9.17) is 4.74 Å². The summed E-state index contributed by atoms with van der Waals surface area (Å²) in [5, 5.41) is 0. The number of epoxide rings is 1. The summed E-state index contributed by atoms with van der Waals surface area (Å²) in [6, 6.07) is 0. The van der Waals surface area contributed by atoms with Gasteiger partial charge in [-0.15, -0.1) is 0 Å². The summed E-state index contributed by atoms with van der Waals surface area (Å²) < 4.78 is 5.37. The third-order valence-corrected chi connectivity index (χ3v) is 3.13. The van der Waals surface area contributed by atoms with E-state index in [0.29, 0.717) is 12.3 Å². The van der Waals surface area contributed by atoms with Crippen molar-refractivity contribution in [3.8, 4) is 0 Å².